The topological polar surface area (TPSA) is 67.4 Å². The molecule has 1 N–H and O–H groups in total. The fourth-order valence-electron chi connectivity index (χ4n) is 3.02. The van der Waals surface area contributed by atoms with Crippen molar-refractivity contribution in [1.29, 1.82) is 0 Å². The van der Waals surface area contributed by atoms with Crippen LogP contribution in [0.2, 0.25) is 0 Å². The average molecular weight is 341 g/mol. The maximum absolute atomic E-state index is 6.14. The van der Waals surface area contributed by atoms with Crippen molar-refractivity contribution in [2.45, 2.75) is 30.6 Å². The maximum Gasteiger partial charge on any atom is 0.157 e. The average Bonchev–Trinajstić information content (AvgIpc) is 2.61. The van der Waals surface area contributed by atoms with E-state index in [0.29, 0.717) is 6.61 Å². The van der Waals surface area contributed by atoms with Crippen molar-refractivity contribution >= 4 is 5.69 Å². The van der Waals surface area contributed by atoms with Gasteiger partial charge in [-0.25, -0.2) is 0 Å². The Morgan fingerprint density at radius 1 is 0.958 bits per heavy atom. The molecule has 0 radical (unpaired) electrons. The van der Waals surface area contributed by atoms with Gasteiger partial charge in [0.1, 0.15) is 30.2 Å². The van der Waals surface area contributed by atoms with Crippen molar-refractivity contribution in [3.8, 4) is 5.75 Å². The summed E-state index contributed by atoms with van der Waals surface area (Å²) in [5.74, 6) is 0.760. The molecule has 0 aromatic heterocycles. The van der Waals surface area contributed by atoms with Crippen LogP contribution >= 0.6 is 0 Å². The van der Waals surface area contributed by atoms with Gasteiger partial charge in [0.25, 0.3) is 0 Å². The van der Waals surface area contributed by atoms with E-state index >= 15 is 0 Å². The lowest BCUT2D eigenvalue weighted by atomic mass is 9.97. The van der Waals surface area contributed by atoms with Crippen molar-refractivity contribution < 1.29 is 28.4 Å². The van der Waals surface area contributed by atoms with Gasteiger partial charge >= 0.3 is 0 Å². The van der Waals surface area contributed by atoms with Crippen LogP contribution in [0.3, 0.4) is 0 Å². The summed E-state index contributed by atoms with van der Waals surface area (Å²) in [4.78, 5) is 0. The third kappa shape index (κ3) is 4.17. The van der Waals surface area contributed by atoms with E-state index in [2.05, 4.69) is 5.32 Å². The molecule has 0 amide bonds. The van der Waals surface area contributed by atoms with Gasteiger partial charge in [0.15, 0.2) is 6.23 Å². The highest BCUT2D eigenvalue weighted by atomic mass is 16.6. The van der Waals surface area contributed by atoms with E-state index in [0.717, 1.165) is 11.4 Å². The summed E-state index contributed by atoms with van der Waals surface area (Å²) < 4.78 is 33.5. The Bertz CT molecular complexity index is 500. The second kappa shape index (κ2) is 9.19. The summed E-state index contributed by atoms with van der Waals surface area (Å²) >= 11 is 0. The van der Waals surface area contributed by atoms with Crippen LogP contribution < -0.4 is 10.1 Å². The van der Waals surface area contributed by atoms with Crippen LogP contribution in [0.25, 0.3) is 0 Å². The molecule has 7 heteroatoms. The first-order valence-corrected chi connectivity index (χ1v) is 7.81. The molecule has 0 bridgehead atoms. The summed E-state index contributed by atoms with van der Waals surface area (Å²) in [5.41, 5.74) is 0.864. The normalized spacial score (nSPS) is 30.1. The number of hydrogen-bond acceptors (Lipinski definition) is 7. The zero-order chi connectivity index (χ0) is 17.5. The largest absolute Gasteiger partial charge is 0.497 e. The highest BCUT2D eigenvalue weighted by Crippen LogP contribution is 2.29. The predicted octanol–water partition coefficient (Wildman–Crippen LogP) is 1.52. The van der Waals surface area contributed by atoms with E-state index in [9.17, 15) is 0 Å². The molecule has 1 aliphatic rings. The smallest absolute Gasteiger partial charge is 0.157 e. The molecule has 0 saturated carbocycles. The molecule has 0 unspecified atom stereocenters. The van der Waals surface area contributed by atoms with Crippen molar-refractivity contribution in [2.24, 2.45) is 0 Å². The number of benzene rings is 1. The van der Waals surface area contributed by atoms with Gasteiger partial charge in [-0.3, -0.25) is 0 Å². The molecule has 1 aromatic carbocycles. The van der Waals surface area contributed by atoms with Crippen LogP contribution in [0.5, 0.6) is 5.75 Å². The maximum atomic E-state index is 6.14. The minimum absolute atomic E-state index is 0.278. The number of hydrogen-bond donors (Lipinski definition) is 1. The number of ether oxygens (including phenoxy) is 6. The highest BCUT2D eigenvalue weighted by Gasteiger charge is 2.47. The Hall–Kier alpha value is -1.38. The molecule has 24 heavy (non-hydrogen) atoms. The van der Waals surface area contributed by atoms with E-state index < -0.39 is 6.23 Å². The first-order chi connectivity index (χ1) is 11.7. The zero-order valence-electron chi connectivity index (χ0n) is 14.9. The summed E-state index contributed by atoms with van der Waals surface area (Å²) in [6.45, 7) is 0.394. The van der Waals surface area contributed by atoms with E-state index in [1.165, 1.54) is 0 Å². The van der Waals surface area contributed by atoms with Crippen molar-refractivity contribution in [1.82, 2.24) is 0 Å². The molecule has 1 heterocycles. The summed E-state index contributed by atoms with van der Waals surface area (Å²) in [7, 11) is 8.16. The third-order valence-corrected chi connectivity index (χ3v) is 4.16. The lowest BCUT2D eigenvalue weighted by Gasteiger charge is -2.45. The van der Waals surface area contributed by atoms with Crippen molar-refractivity contribution in [2.75, 3.05) is 47.5 Å². The van der Waals surface area contributed by atoms with Crippen LogP contribution in [-0.4, -0.2) is 72.8 Å². The van der Waals surface area contributed by atoms with Crippen molar-refractivity contribution in [3.05, 3.63) is 24.3 Å². The first kappa shape index (κ1) is 19.0. The monoisotopic (exact) mass is 341 g/mol. The Kier molecular flexibility index (Phi) is 7.26. The van der Waals surface area contributed by atoms with Crippen LogP contribution in [-0.2, 0) is 23.7 Å². The Morgan fingerprint density at radius 3 is 2.25 bits per heavy atom. The van der Waals surface area contributed by atoms with E-state index in [4.69, 9.17) is 28.4 Å². The molecule has 0 aliphatic carbocycles. The first-order valence-electron chi connectivity index (χ1n) is 7.81. The molecule has 1 aliphatic heterocycles. The summed E-state index contributed by atoms with van der Waals surface area (Å²) in [5, 5.41) is 3.34. The molecular formula is C17H27NO6. The molecule has 2 rings (SSSR count). The number of methoxy groups -OCH3 is 5. The molecule has 7 nitrogen and oxygen atoms in total. The molecule has 1 fully saturated rings. The van der Waals surface area contributed by atoms with E-state index in [1.807, 2.05) is 24.3 Å². The molecule has 0 spiro atoms. The quantitative estimate of drug-likeness (QED) is 0.769. The number of nitrogens with one attached hydrogen (secondary N) is 1. The molecule has 1 saturated heterocycles. The van der Waals surface area contributed by atoms with Gasteiger partial charge in [-0.15, -0.1) is 0 Å². The zero-order valence-corrected chi connectivity index (χ0v) is 14.9. The van der Waals surface area contributed by atoms with Gasteiger partial charge in [0.2, 0.25) is 0 Å². The second-order valence-electron chi connectivity index (χ2n) is 5.53. The highest BCUT2D eigenvalue weighted by molar-refractivity contribution is 5.48. The minimum Gasteiger partial charge on any atom is -0.497 e. The Balaban J connectivity index is 2.21. The molecule has 136 valence electrons. The van der Waals surface area contributed by atoms with Crippen LogP contribution in [0.4, 0.5) is 5.69 Å². The third-order valence-electron chi connectivity index (χ3n) is 4.16. The van der Waals surface area contributed by atoms with Crippen LogP contribution in [0, 0.1) is 0 Å². The van der Waals surface area contributed by atoms with E-state index in [1.54, 1.807) is 35.5 Å². The van der Waals surface area contributed by atoms with Gasteiger partial charge in [-0.1, -0.05) is 6.07 Å². The van der Waals surface area contributed by atoms with Gasteiger partial charge in [0, 0.05) is 40.2 Å². The van der Waals surface area contributed by atoms with Gasteiger partial charge < -0.3 is 33.7 Å². The second-order valence-corrected chi connectivity index (χ2v) is 5.53. The SMILES string of the molecule is COC[C@H]1O[C@@H](Nc2cccc(OC)c2)[C@H](OC)[C@@H](OC)[C@@H]1OC. The predicted molar refractivity (Wildman–Crippen MR) is 89.5 cm³/mol. The molecular weight excluding hydrogens is 314 g/mol. The van der Waals surface area contributed by atoms with E-state index in [-0.39, 0.29) is 24.4 Å². The van der Waals surface area contributed by atoms with Gasteiger partial charge in [-0.05, 0) is 12.1 Å². The fourth-order valence-corrected chi connectivity index (χ4v) is 3.02. The standard InChI is InChI=1S/C17H27NO6/c1-19-10-13-14(21-3)15(22-4)16(23-5)17(24-13)18-11-7-6-8-12(9-11)20-2/h6-9,13-18H,10H2,1-5H3/t13-,14-,15+,16-,17-/m1/s1. The van der Waals surface area contributed by atoms with Gasteiger partial charge in [0.05, 0.1) is 13.7 Å². The number of anilines is 1. The lowest BCUT2D eigenvalue weighted by molar-refractivity contribution is -0.243. The lowest BCUT2D eigenvalue weighted by Crippen LogP contribution is -2.62. The minimum atomic E-state index is -0.418. The summed E-state index contributed by atoms with van der Waals surface area (Å²) in [6.07, 6.45) is -1.63. The summed E-state index contributed by atoms with van der Waals surface area (Å²) in [6, 6.07) is 7.62. The number of rotatable bonds is 8. The van der Waals surface area contributed by atoms with Crippen molar-refractivity contribution in [3.63, 3.8) is 0 Å². The van der Waals surface area contributed by atoms with Gasteiger partial charge in [-0.2, -0.15) is 0 Å². The molecule has 5 atom stereocenters. The fraction of sp³-hybridized carbons (Fsp3) is 0.647. The van der Waals surface area contributed by atoms with Crippen LogP contribution in [0.1, 0.15) is 0 Å². The van der Waals surface area contributed by atoms with Crippen LogP contribution in [0.15, 0.2) is 24.3 Å². The Labute approximate surface area is 143 Å². The Morgan fingerprint density at radius 2 is 1.67 bits per heavy atom. The molecule has 1 aromatic rings.